The van der Waals surface area contributed by atoms with Crippen LogP contribution in [-0.2, 0) is 19.9 Å². The third-order valence-corrected chi connectivity index (χ3v) is 4.83. The fraction of sp³-hybridized carbons (Fsp3) is 0.500. The molecule has 0 unspecified atom stereocenters. The van der Waals surface area contributed by atoms with Crippen molar-refractivity contribution in [3.63, 3.8) is 0 Å². The lowest BCUT2D eigenvalue weighted by Crippen LogP contribution is -2.17. The first-order valence-electron chi connectivity index (χ1n) is 5.47. The van der Waals surface area contributed by atoms with Crippen LogP contribution in [0, 0.1) is 0 Å². The molecule has 0 aliphatic carbocycles. The van der Waals surface area contributed by atoms with Crippen LogP contribution >= 0.6 is 11.6 Å². The maximum atomic E-state index is 11.7. The summed E-state index contributed by atoms with van der Waals surface area (Å²) in [5, 5.41) is -0.0995. The maximum absolute atomic E-state index is 11.7. The van der Waals surface area contributed by atoms with Crippen molar-refractivity contribution in [2.75, 3.05) is 22.6 Å². The third kappa shape index (κ3) is 5.75. The van der Waals surface area contributed by atoms with Gasteiger partial charge < -0.3 is 0 Å². The lowest BCUT2D eigenvalue weighted by Gasteiger charge is -2.07. The summed E-state index contributed by atoms with van der Waals surface area (Å²) in [5.41, 5.74) is 0.235. The molecule has 0 saturated carbocycles. The van der Waals surface area contributed by atoms with E-state index in [1.807, 2.05) is 0 Å². The minimum atomic E-state index is -3.45. The number of unbranched alkanes of at least 4 members (excludes halogenated alkanes) is 1. The van der Waals surface area contributed by atoms with Crippen LogP contribution in [0.25, 0.3) is 0 Å². The van der Waals surface area contributed by atoms with Crippen LogP contribution in [0.2, 0.25) is 0 Å². The molecule has 0 amide bonds. The van der Waals surface area contributed by atoms with E-state index < -0.39 is 19.9 Å². The molecule has 108 valence electrons. The summed E-state index contributed by atoms with van der Waals surface area (Å²) in [4.78, 5) is 3.69. The predicted octanol–water partition coefficient (Wildman–Crippen LogP) is 1.25. The number of rotatable bonds is 7. The zero-order chi connectivity index (χ0) is 14.5. The lowest BCUT2D eigenvalue weighted by molar-refractivity contribution is 0.597. The van der Waals surface area contributed by atoms with Gasteiger partial charge in [-0.2, -0.15) is 0 Å². The molecule has 1 rings (SSSR count). The first-order valence-corrected chi connectivity index (χ1v) is 9.55. The summed E-state index contributed by atoms with van der Waals surface area (Å²) < 4.78 is 48.0. The van der Waals surface area contributed by atoms with Crippen molar-refractivity contribution in [1.29, 1.82) is 0 Å². The smallest absolute Gasteiger partial charge is 0.232 e. The number of alkyl halides is 1. The van der Waals surface area contributed by atoms with Gasteiger partial charge in [0.15, 0.2) is 14.9 Å². The fourth-order valence-corrected chi connectivity index (χ4v) is 3.19. The predicted molar refractivity (Wildman–Crippen MR) is 74.7 cm³/mol. The van der Waals surface area contributed by atoms with Crippen LogP contribution in [0.15, 0.2) is 23.4 Å². The quantitative estimate of drug-likeness (QED) is 0.601. The highest BCUT2D eigenvalue weighted by Crippen LogP contribution is 2.12. The molecule has 9 heteroatoms. The standard InChI is InChI=1S/C10H15ClN2O4S2/c1-18(14,15)10-5-4-9(8-12-10)13-19(16,17)7-3-2-6-11/h4-5,8,13H,2-3,6-7H2,1H3. The number of sulfone groups is 1. The van der Waals surface area contributed by atoms with Gasteiger partial charge in [-0.15, -0.1) is 11.6 Å². The van der Waals surface area contributed by atoms with Gasteiger partial charge >= 0.3 is 0 Å². The van der Waals surface area contributed by atoms with Gasteiger partial charge in [0.05, 0.1) is 17.6 Å². The van der Waals surface area contributed by atoms with Gasteiger partial charge in [0, 0.05) is 12.1 Å². The van der Waals surface area contributed by atoms with Crippen molar-refractivity contribution in [1.82, 2.24) is 4.98 Å². The number of aromatic nitrogens is 1. The molecule has 0 aromatic carbocycles. The maximum Gasteiger partial charge on any atom is 0.232 e. The van der Waals surface area contributed by atoms with Gasteiger partial charge in [-0.05, 0) is 25.0 Å². The summed E-state index contributed by atoms with van der Waals surface area (Å²) >= 11 is 5.47. The van der Waals surface area contributed by atoms with E-state index in [0.717, 1.165) is 6.26 Å². The van der Waals surface area contributed by atoms with Crippen LogP contribution in [-0.4, -0.2) is 39.7 Å². The second-order valence-electron chi connectivity index (χ2n) is 3.97. The lowest BCUT2D eigenvalue weighted by atomic mass is 10.4. The molecule has 0 fully saturated rings. The summed E-state index contributed by atoms with van der Waals surface area (Å²) in [6.45, 7) is 0. The number of nitrogens with zero attached hydrogens (tertiary/aromatic N) is 1. The number of hydrogen-bond donors (Lipinski definition) is 1. The van der Waals surface area contributed by atoms with Crippen molar-refractivity contribution in [2.45, 2.75) is 17.9 Å². The van der Waals surface area contributed by atoms with Crippen molar-refractivity contribution >= 4 is 37.1 Å². The van der Waals surface area contributed by atoms with E-state index in [-0.39, 0.29) is 16.5 Å². The number of nitrogens with one attached hydrogen (secondary N) is 1. The number of halogens is 1. The Morgan fingerprint density at radius 1 is 1.21 bits per heavy atom. The summed E-state index contributed by atoms with van der Waals surface area (Å²) in [6, 6.07) is 2.62. The zero-order valence-electron chi connectivity index (χ0n) is 10.3. The van der Waals surface area contributed by atoms with Crippen molar-refractivity contribution in [2.24, 2.45) is 0 Å². The largest absolute Gasteiger partial charge is 0.282 e. The molecule has 0 atom stereocenters. The molecule has 1 heterocycles. The van der Waals surface area contributed by atoms with Crippen LogP contribution in [0.5, 0.6) is 0 Å². The Hall–Kier alpha value is -0.860. The van der Waals surface area contributed by atoms with Gasteiger partial charge in [0.2, 0.25) is 10.0 Å². The number of sulfonamides is 1. The SMILES string of the molecule is CS(=O)(=O)c1ccc(NS(=O)(=O)CCCCCl)cn1. The Labute approximate surface area is 118 Å². The van der Waals surface area contributed by atoms with E-state index in [1.165, 1.54) is 18.3 Å². The Morgan fingerprint density at radius 3 is 2.37 bits per heavy atom. The first-order chi connectivity index (χ1) is 8.74. The molecule has 0 aliphatic heterocycles. The van der Waals surface area contributed by atoms with E-state index in [4.69, 9.17) is 11.6 Å². The van der Waals surface area contributed by atoms with Crippen LogP contribution in [0.4, 0.5) is 5.69 Å². The highest BCUT2D eigenvalue weighted by molar-refractivity contribution is 7.92. The second kappa shape index (κ2) is 6.53. The third-order valence-electron chi connectivity index (χ3n) is 2.19. The van der Waals surface area contributed by atoms with Crippen LogP contribution in [0.3, 0.4) is 0 Å². The van der Waals surface area contributed by atoms with Gasteiger partial charge in [-0.3, -0.25) is 4.72 Å². The van der Waals surface area contributed by atoms with Crippen LogP contribution in [0.1, 0.15) is 12.8 Å². The van der Waals surface area contributed by atoms with E-state index in [1.54, 1.807) is 0 Å². The molecule has 0 radical (unpaired) electrons. The fourth-order valence-electron chi connectivity index (χ4n) is 1.28. The van der Waals surface area contributed by atoms with Crippen molar-refractivity contribution < 1.29 is 16.8 Å². The van der Waals surface area contributed by atoms with E-state index in [0.29, 0.717) is 18.7 Å². The molecule has 1 N–H and O–H groups in total. The highest BCUT2D eigenvalue weighted by atomic mass is 35.5. The molecule has 19 heavy (non-hydrogen) atoms. The van der Waals surface area contributed by atoms with Crippen molar-refractivity contribution in [3.05, 3.63) is 18.3 Å². The van der Waals surface area contributed by atoms with Gasteiger partial charge in [0.25, 0.3) is 0 Å². The molecular formula is C10H15ClN2O4S2. The number of pyridine rings is 1. The van der Waals surface area contributed by atoms with E-state index >= 15 is 0 Å². The summed E-state index contributed by atoms with van der Waals surface area (Å²) in [5.74, 6) is 0.383. The zero-order valence-corrected chi connectivity index (χ0v) is 12.7. The monoisotopic (exact) mass is 326 g/mol. The Morgan fingerprint density at radius 2 is 1.89 bits per heavy atom. The number of anilines is 1. The molecule has 6 nitrogen and oxygen atoms in total. The van der Waals surface area contributed by atoms with Crippen LogP contribution < -0.4 is 4.72 Å². The highest BCUT2D eigenvalue weighted by Gasteiger charge is 2.12. The average molecular weight is 327 g/mol. The average Bonchev–Trinajstić information content (AvgIpc) is 2.28. The summed E-state index contributed by atoms with van der Waals surface area (Å²) in [6.07, 6.45) is 3.29. The summed E-state index contributed by atoms with van der Waals surface area (Å²) in [7, 11) is -6.84. The normalized spacial score (nSPS) is 12.3. The minimum absolute atomic E-state index is 0.0342. The van der Waals surface area contributed by atoms with Crippen molar-refractivity contribution in [3.8, 4) is 0 Å². The van der Waals surface area contributed by atoms with Gasteiger partial charge in [-0.1, -0.05) is 0 Å². The molecule has 0 bridgehead atoms. The van der Waals surface area contributed by atoms with Gasteiger partial charge in [0.1, 0.15) is 0 Å². The van der Waals surface area contributed by atoms with E-state index in [9.17, 15) is 16.8 Å². The molecule has 1 aromatic rings. The molecular weight excluding hydrogens is 312 g/mol. The Balaban J connectivity index is 2.73. The molecule has 0 spiro atoms. The second-order valence-corrected chi connectivity index (χ2v) is 8.16. The molecule has 0 aliphatic rings. The topological polar surface area (TPSA) is 93.2 Å². The first kappa shape index (κ1) is 16.2. The van der Waals surface area contributed by atoms with Gasteiger partial charge in [-0.25, -0.2) is 21.8 Å². The number of hydrogen-bond acceptors (Lipinski definition) is 5. The molecule has 1 aromatic heterocycles. The Kier molecular flexibility index (Phi) is 5.57. The van der Waals surface area contributed by atoms with E-state index in [2.05, 4.69) is 9.71 Å². The minimum Gasteiger partial charge on any atom is -0.282 e. The Bertz CT molecular complexity index is 611. The molecule has 0 saturated heterocycles.